The molecule has 0 saturated heterocycles. The standard InChI is InChI=1S/C59H36F4N4/c1-59(2)43-22-12-9-21-40(43)56-51-44(59)31-37(33-15-5-3-6-16-33)32-45(51)64-58(65-56)67-47-24-14-11-20-39(47)42-30-36(26-28-49(42)67)35-25-27-48-41(29-35)38-19-10-13-23-46(38)66(48)57-54(62)52(60)50(53(61)55(57)63)34-17-7-4-8-18-34/h3-32H,1-2H3. The van der Waals surface area contributed by atoms with Gasteiger partial charge in [0, 0.05) is 37.9 Å². The fourth-order valence-electron chi connectivity index (χ4n) is 10.7. The predicted octanol–water partition coefficient (Wildman–Crippen LogP) is 15.7. The summed E-state index contributed by atoms with van der Waals surface area (Å²) in [6.07, 6.45) is 0. The second kappa shape index (κ2) is 14.3. The summed E-state index contributed by atoms with van der Waals surface area (Å²) >= 11 is 0. The number of halogens is 4. The minimum atomic E-state index is -1.48. The van der Waals surface area contributed by atoms with Gasteiger partial charge in [0.2, 0.25) is 5.95 Å². The van der Waals surface area contributed by atoms with Gasteiger partial charge < -0.3 is 4.57 Å². The van der Waals surface area contributed by atoms with Crippen molar-refractivity contribution >= 4 is 54.5 Å². The SMILES string of the molecule is CC1(C)c2ccccc2-c2nc(-n3c4ccccc4c4cc(-c5ccc6c(c5)c5ccccc5n6-c5c(F)c(F)c(-c6ccccc6)c(F)c5F)ccc43)nc3cc(-c4ccccc4)cc1c23. The van der Waals surface area contributed by atoms with Crippen LogP contribution in [0.4, 0.5) is 17.6 Å². The van der Waals surface area contributed by atoms with E-state index in [0.717, 1.165) is 66.2 Å². The van der Waals surface area contributed by atoms with Crippen LogP contribution in [-0.4, -0.2) is 19.1 Å². The topological polar surface area (TPSA) is 35.6 Å². The highest BCUT2D eigenvalue weighted by molar-refractivity contribution is 6.13. The Morgan fingerprint density at radius 3 is 1.57 bits per heavy atom. The van der Waals surface area contributed by atoms with E-state index in [1.54, 1.807) is 36.4 Å². The van der Waals surface area contributed by atoms with Crippen molar-refractivity contribution in [1.82, 2.24) is 19.1 Å². The summed E-state index contributed by atoms with van der Waals surface area (Å²) in [6, 6.07) is 58.3. The minimum Gasteiger partial charge on any atom is -0.304 e. The van der Waals surface area contributed by atoms with Crippen LogP contribution in [0.5, 0.6) is 0 Å². The zero-order chi connectivity index (χ0) is 45.3. The van der Waals surface area contributed by atoms with Gasteiger partial charge in [-0.25, -0.2) is 27.5 Å². The molecular formula is C59H36F4N4. The molecule has 0 atom stereocenters. The van der Waals surface area contributed by atoms with Crippen molar-refractivity contribution in [3.05, 3.63) is 216 Å². The largest absolute Gasteiger partial charge is 0.304 e. The maximum Gasteiger partial charge on any atom is 0.235 e. The Labute approximate surface area is 381 Å². The van der Waals surface area contributed by atoms with Crippen LogP contribution in [0.25, 0.3) is 111 Å². The number of nitrogens with zero attached hydrogens (tertiary/aromatic N) is 4. The second-order valence-electron chi connectivity index (χ2n) is 17.8. The van der Waals surface area contributed by atoms with Gasteiger partial charge in [0.1, 0.15) is 5.69 Å². The molecule has 0 radical (unpaired) electrons. The number of hydrogen-bond acceptors (Lipinski definition) is 2. The van der Waals surface area contributed by atoms with Crippen LogP contribution >= 0.6 is 0 Å². The predicted molar refractivity (Wildman–Crippen MR) is 262 cm³/mol. The van der Waals surface area contributed by atoms with E-state index in [1.165, 1.54) is 27.8 Å². The summed E-state index contributed by atoms with van der Waals surface area (Å²) in [4.78, 5) is 10.9. The Balaban J connectivity index is 0.996. The van der Waals surface area contributed by atoms with Gasteiger partial charge in [-0.3, -0.25) is 4.57 Å². The minimum absolute atomic E-state index is 0.0364. The van der Waals surface area contributed by atoms with Crippen LogP contribution < -0.4 is 0 Å². The lowest BCUT2D eigenvalue weighted by molar-refractivity contribution is 0.454. The van der Waals surface area contributed by atoms with Crippen LogP contribution in [0, 0.1) is 23.3 Å². The average molecular weight is 877 g/mol. The van der Waals surface area contributed by atoms with Gasteiger partial charge in [0.05, 0.1) is 38.8 Å². The maximum absolute atomic E-state index is 16.3. The molecule has 67 heavy (non-hydrogen) atoms. The van der Waals surface area contributed by atoms with Gasteiger partial charge in [0.25, 0.3) is 0 Å². The normalized spacial score (nSPS) is 13.0. The quantitative estimate of drug-likeness (QED) is 0.128. The average Bonchev–Trinajstić information content (AvgIpc) is 3.87. The number of fused-ring (bicyclic) bond motifs is 8. The lowest BCUT2D eigenvalue weighted by Gasteiger charge is -2.35. The molecule has 9 aromatic carbocycles. The highest BCUT2D eigenvalue weighted by atomic mass is 19.2. The van der Waals surface area contributed by atoms with E-state index in [0.29, 0.717) is 27.8 Å². The summed E-state index contributed by atoms with van der Waals surface area (Å²) in [5, 5.41) is 4.39. The third-order valence-electron chi connectivity index (χ3n) is 13.8. The Hall–Kier alpha value is -8.36. The third kappa shape index (κ3) is 5.59. The van der Waals surface area contributed by atoms with Crippen LogP contribution in [0.1, 0.15) is 25.0 Å². The monoisotopic (exact) mass is 876 g/mol. The van der Waals surface area contributed by atoms with Crippen LogP contribution in [0.2, 0.25) is 0 Å². The first-order valence-corrected chi connectivity index (χ1v) is 22.2. The summed E-state index contributed by atoms with van der Waals surface area (Å²) < 4.78 is 67.8. The van der Waals surface area contributed by atoms with Gasteiger partial charge in [-0.1, -0.05) is 147 Å². The van der Waals surface area contributed by atoms with Crippen molar-refractivity contribution in [3.63, 3.8) is 0 Å². The van der Waals surface area contributed by atoms with E-state index in [1.807, 2.05) is 42.5 Å². The Bertz CT molecular complexity index is 4030. The fraction of sp³-hybridized carbons (Fsp3) is 0.0508. The van der Waals surface area contributed by atoms with Gasteiger partial charge in [-0.05, 0) is 87.5 Å². The molecule has 0 unspecified atom stereocenters. The van der Waals surface area contributed by atoms with Gasteiger partial charge in [-0.15, -0.1) is 0 Å². The zero-order valence-corrected chi connectivity index (χ0v) is 36.1. The van der Waals surface area contributed by atoms with Crippen molar-refractivity contribution in [2.24, 2.45) is 0 Å². The smallest absolute Gasteiger partial charge is 0.235 e. The van der Waals surface area contributed by atoms with E-state index < -0.39 is 34.5 Å². The van der Waals surface area contributed by atoms with Gasteiger partial charge in [-0.2, -0.15) is 0 Å². The summed E-state index contributed by atoms with van der Waals surface area (Å²) in [6.45, 7) is 4.55. The molecule has 3 aromatic heterocycles. The van der Waals surface area contributed by atoms with Crippen LogP contribution in [-0.2, 0) is 5.41 Å². The van der Waals surface area contributed by atoms with Crippen LogP contribution in [0.15, 0.2) is 182 Å². The molecule has 0 saturated carbocycles. The van der Waals surface area contributed by atoms with E-state index in [2.05, 4.69) is 109 Å². The number of hydrogen-bond donors (Lipinski definition) is 0. The third-order valence-corrected chi connectivity index (χ3v) is 13.8. The second-order valence-corrected chi connectivity index (χ2v) is 17.8. The number of aromatic nitrogens is 4. The molecule has 8 heteroatoms. The van der Waals surface area contributed by atoms with Crippen LogP contribution in [0.3, 0.4) is 0 Å². The molecule has 0 bridgehead atoms. The summed E-state index contributed by atoms with van der Waals surface area (Å²) in [5.41, 5.74) is 10.1. The summed E-state index contributed by atoms with van der Waals surface area (Å²) in [5.74, 6) is -5.31. The van der Waals surface area contributed by atoms with Crippen molar-refractivity contribution in [1.29, 1.82) is 0 Å². The molecule has 1 aliphatic rings. The molecule has 1 aliphatic carbocycles. The lowest BCUT2D eigenvalue weighted by atomic mass is 9.69. The first-order valence-electron chi connectivity index (χ1n) is 22.2. The van der Waals surface area contributed by atoms with Crippen molar-refractivity contribution < 1.29 is 17.6 Å². The van der Waals surface area contributed by atoms with Gasteiger partial charge >= 0.3 is 0 Å². The summed E-state index contributed by atoms with van der Waals surface area (Å²) in [7, 11) is 0. The Kier molecular flexibility index (Phi) is 8.34. The molecule has 0 amide bonds. The molecule has 0 fully saturated rings. The van der Waals surface area contributed by atoms with E-state index >= 15 is 17.6 Å². The van der Waals surface area contributed by atoms with E-state index in [4.69, 9.17) is 9.97 Å². The highest BCUT2D eigenvalue weighted by Gasteiger charge is 2.36. The molecule has 0 aliphatic heterocycles. The molecule has 12 aromatic rings. The first-order chi connectivity index (χ1) is 32.7. The number of rotatable bonds is 5. The molecule has 13 rings (SSSR count). The van der Waals surface area contributed by atoms with E-state index in [9.17, 15) is 0 Å². The molecular weight excluding hydrogens is 841 g/mol. The molecule has 0 spiro atoms. The maximum atomic E-state index is 16.3. The first kappa shape index (κ1) is 39.0. The molecule has 0 N–H and O–H groups in total. The number of benzene rings is 9. The van der Waals surface area contributed by atoms with Crippen molar-refractivity contribution in [2.45, 2.75) is 19.3 Å². The van der Waals surface area contributed by atoms with E-state index in [-0.39, 0.29) is 11.0 Å². The lowest BCUT2D eigenvalue weighted by Crippen LogP contribution is -2.24. The molecule has 3 heterocycles. The van der Waals surface area contributed by atoms with Crippen molar-refractivity contribution in [2.75, 3.05) is 0 Å². The molecule has 4 nitrogen and oxygen atoms in total. The molecule has 320 valence electrons. The fourth-order valence-corrected chi connectivity index (χ4v) is 10.7. The Morgan fingerprint density at radius 2 is 0.925 bits per heavy atom. The van der Waals surface area contributed by atoms with Gasteiger partial charge in [0.15, 0.2) is 23.3 Å². The Morgan fingerprint density at radius 1 is 0.403 bits per heavy atom. The zero-order valence-electron chi connectivity index (χ0n) is 36.1. The van der Waals surface area contributed by atoms with Crippen molar-refractivity contribution in [3.8, 4) is 56.3 Å². The highest BCUT2D eigenvalue weighted by Crippen LogP contribution is 2.49. The number of para-hydroxylation sites is 2.